The van der Waals surface area contributed by atoms with Crippen molar-refractivity contribution in [3.8, 4) is 0 Å². The molecule has 5 nitrogen and oxygen atoms in total. The molecule has 1 aromatic rings. The van der Waals surface area contributed by atoms with Crippen molar-refractivity contribution >= 4 is 23.7 Å². The summed E-state index contributed by atoms with van der Waals surface area (Å²) < 4.78 is 10.1. The smallest absolute Gasteiger partial charge is 0.410 e. The van der Waals surface area contributed by atoms with Gasteiger partial charge in [0.2, 0.25) is 0 Å². The van der Waals surface area contributed by atoms with Gasteiger partial charge in [0.15, 0.2) is 6.07 Å². The Balaban J connectivity index is 2.89. The molecule has 0 aromatic heterocycles. The number of nitrogens with zero attached hydrogens (tertiary/aromatic N) is 1. The van der Waals surface area contributed by atoms with Crippen molar-refractivity contribution in [1.29, 1.82) is 0 Å². The first-order valence-electron chi connectivity index (χ1n) is 6.97. The highest BCUT2D eigenvalue weighted by molar-refractivity contribution is 6.17. The zero-order chi connectivity index (χ0) is 16.8. The lowest BCUT2D eigenvalue weighted by Gasteiger charge is -2.29. The molecule has 1 rings (SSSR count). The summed E-state index contributed by atoms with van der Waals surface area (Å²) in [6, 6.07) is 8.32. The lowest BCUT2D eigenvalue weighted by atomic mass is 10.1. The lowest BCUT2D eigenvalue weighted by molar-refractivity contribution is -0.147. The predicted octanol–water partition coefficient (Wildman–Crippen LogP) is 3.20. The van der Waals surface area contributed by atoms with Crippen LogP contribution in [-0.4, -0.2) is 41.7 Å². The molecule has 1 unspecified atom stereocenters. The number of carbonyl (C=O) groups excluding carboxylic acids is 2. The number of esters is 1. The fourth-order valence-electron chi connectivity index (χ4n) is 1.83. The van der Waals surface area contributed by atoms with Gasteiger partial charge in [0.1, 0.15) is 11.6 Å². The summed E-state index contributed by atoms with van der Waals surface area (Å²) in [6.07, 6.45) is -0.258. The van der Waals surface area contributed by atoms with Crippen LogP contribution in [0.4, 0.5) is 4.79 Å². The SMILES string of the molecule is CN(C(=O)OC(C)(C)C)C(Cc1ccccc1)C(=O)OCCl. The van der Waals surface area contributed by atoms with E-state index in [1.54, 1.807) is 20.8 Å². The molecule has 0 spiro atoms. The van der Waals surface area contributed by atoms with Crippen LogP contribution in [-0.2, 0) is 20.7 Å². The summed E-state index contributed by atoms with van der Waals surface area (Å²) in [4.78, 5) is 25.5. The van der Waals surface area contributed by atoms with Gasteiger partial charge >= 0.3 is 12.1 Å². The van der Waals surface area contributed by atoms with Crippen LogP contribution in [0, 0.1) is 0 Å². The van der Waals surface area contributed by atoms with E-state index in [2.05, 4.69) is 0 Å². The van der Waals surface area contributed by atoms with Gasteiger partial charge in [-0.05, 0) is 26.3 Å². The van der Waals surface area contributed by atoms with Gasteiger partial charge in [-0.2, -0.15) is 0 Å². The Hall–Kier alpha value is -1.75. The molecule has 6 heteroatoms. The summed E-state index contributed by atoms with van der Waals surface area (Å²) in [5, 5.41) is 0. The number of carbonyl (C=O) groups is 2. The van der Waals surface area contributed by atoms with E-state index < -0.39 is 23.7 Å². The largest absolute Gasteiger partial charge is 0.448 e. The van der Waals surface area contributed by atoms with Gasteiger partial charge in [-0.3, -0.25) is 4.90 Å². The van der Waals surface area contributed by atoms with Crippen LogP contribution in [0.3, 0.4) is 0 Å². The molecule has 0 saturated carbocycles. The molecule has 1 amide bonds. The van der Waals surface area contributed by atoms with Crippen molar-refractivity contribution in [3.05, 3.63) is 35.9 Å². The van der Waals surface area contributed by atoms with Crippen LogP contribution in [0.5, 0.6) is 0 Å². The standard InChI is InChI=1S/C16H22ClNO4/c1-16(2,3)22-15(20)18(4)13(14(19)21-11-17)10-12-8-6-5-7-9-12/h5-9,13H,10-11H2,1-4H3. The maximum absolute atomic E-state index is 12.2. The molecule has 122 valence electrons. The molecule has 0 heterocycles. The molecule has 0 bridgehead atoms. The third-order valence-electron chi connectivity index (χ3n) is 2.89. The average Bonchev–Trinajstić information content (AvgIpc) is 2.43. The molecule has 0 radical (unpaired) electrons. The van der Waals surface area contributed by atoms with Crippen LogP contribution in [0.1, 0.15) is 26.3 Å². The maximum atomic E-state index is 12.2. The second-order valence-corrected chi connectivity index (χ2v) is 6.09. The Labute approximate surface area is 136 Å². The zero-order valence-electron chi connectivity index (χ0n) is 13.3. The number of halogens is 1. The molecule has 0 saturated heterocycles. The first kappa shape index (κ1) is 18.3. The van der Waals surface area contributed by atoms with Gasteiger partial charge in [0.05, 0.1) is 0 Å². The van der Waals surface area contributed by atoms with Crippen molar-refractivity contribution < 1.29 is 19.1 Å². The Morgan fingerprint density at radius 2 is 1.82 bits per heavy atom. The number of benzene rings is 1. The molecule has 0 aliphatic carbocycles. The van der Waals surface area contributed by atoms with Gasteiger partial charge in [-0.25, -0.2) is 9.59 Å². The number of rotatable bonds is 5. The molecule has 1 aromatic carbocycles. The number of hydrogen-bond acceptors (Lipinski definition) is 4. The minimum atomic E-state index is -0.795. The van der Waals surface area contributed by atoms with Crippen molar-refractivity contribution in [2.75, 3.05) is 13.1 Å². The van der Waals surface area contributed by atoms with Crippen molar-refractivity contribution in [2.24, 2.45) is 0 Å². The molecular weight excluding hydrogens is 306 g/mol. The molecule has 22 heavy (non-hydrogen) atoms. The third-order valence-corrected chi connectivity index (χ3v) is 3.00. The van der Waals surface area contributed by atoms with Gasteiger partial charge in [-0.1, -0.05) is 41.9 Å². The Morgan fingerprint density at radius 1 is 1.23 bits per heavy atom. The van der Waals surface area contributed by atoms with Crippen molar-refractivity contribution in [3.63, 3.8) is 0 Å². The summed E-state index contributed by atoms with van der Waals surface area (Å²) in [6.45, 7) is 5.30. The minimum Gasteiger partial charge on any atom is -0.448 e. The molecule has 0 fully saturated rings. The van der Waals surface area contributed by atoms with E-state index in [1.165, 1.54) is 11.9 Å². The molecular formula is C16H22ClNO4. The highest BCUT2D eigenvalue weighted by atomic mass is 35.5. The highest BCUT2D eigenvalue weighted by Gasteiger charge is 2.31. The highest BCUT2D eigenvalue weighted by Crippen LogP contribution is 2.15. The predicted molar refractivity (Wildman–Crippen MR) is 84.7 cm³/mol. The Bertz CT molecular complexity index is 499. The summed E-state index contributed by atoms with van der Waals surface area (Å²) in [7, 11) is 1.51. The van der Waals surface area contributed by atoms with E-state index in [-0.39, 0.29) is 6.07 Å². The minimum absolute atomic E-state index is 0.258. The van der Waals surface area contributed by atoms with Gasteiger partial charge in [0.25, 0.3) is 0 Å². The van der Waals surface area contributed by atoms with E-state index >= 15 is 0 Å². The van der Waals surface area contributed by atoms with Gasteiger partial charge in [-0.15, -0.1) is 0 Å². The second-order valence-electron chi connectivity index (χ2n) is 5.87. The van der Waals surface area contributed by atoms with Crippen LogP contribution >= 0.6 is 11.6 Å². The summed E-state index contributed by atoms with van der Waals surface area (Å²) in [5.41, 5.74) is 0.272. The van der Waals surface area contributed by atoms with Crippen molar-refractivity contribution in [2.45, 2.75) is 38.8 Å². The Kier molecular flexibility index (Phi) is 6.68. The summed E-state index contributed by atoms with van der Waals surface area (Å²) >= 11 is 5.46. The quantitative estimate of drug-likeness (QED) is 0.615. The normalized spacial score (nSPS) is 12.4. The monoisotopic (exact) mass is 327 g/mol. The van der Waals surface area contributed by atoms with Crippen LogP contribution < -0.4 is 0 Å². The van der Waals surface area contributed by atoms with Crippen LogP contribution in [0.15, 0.2) is 30.3 Å². The first-order valence-corrected chi connectivity index (χ1v) is 7.50. The van der Waals surface area contributed by atoms with Crippen molar-refractivity contribution in [1.82, 2.24) is 4.90 Å². The molecule has 0 N–H and O–H groups in total. The molecule has 0 aliphatic rings. The fourth-order valence-corrected chi connectivity index (χ4v) is 1.93. The van der Waals surface area contributed by atoms with Crippen LogP contribution in [0.2, 0.25) is 0 Å². The maximum Gasteiger partial charge on any atom is 0.410 e. The second kappa shape index (κ2) is 8.03. The van der Waals surface area contributed by atoms with E-state index in [0.717, 1.165) is 5.56 Å². The number of amides is 1. The van der Waals surface area contributed by atoms with E-state index in [0.29, 0.717) is 6.42 Å². The zero-order valence-corrected chi connectivity index (χ0v) is 14.1. The summed E-state index contributed by atoms with van der Waals surface area (Å²) in [5.74, 6) is -0.563. The Morgan fingerprint density at radius 3 is 2.32 bits per heavy atom. The number of ether oxygens (including phenoxy) is 2. The van der Waals surface area contributed by atoms with E-state index in [4.69, 9.17) is 21.1 Å². The lowest BCUT2D eigenvalue weighted by Crippen LogP contribution is -2.46. The van der Waals surface area contributed by atoms with Gasteiger partial charge < -0.3 is 9.47 Å². The van der Waals surface area contributed by atoms with Gasteiger partial charge in [0, 0.05) is 13.5 Å². The topological polar surface area (TPSA) is 55.8 Å². The molecule has 1 atom stereocenters. The van der Waals surface area contributed by atoms with Crippen LogP contribution in [0.25, 0.3) is 0 Å². The van der Waals surface area contributed by atoms with E-state index in [1.807, 2.05) is 30.3 Å². The fraction of sp³-hybridized carbons (Fsp3) is 0.500. The number of likely N-dealkylation sites (N-methyl/N-ethyl adjacent to an activating group) is 1. The van der Waals surface area contributed by atoms with E-state index in [9.17, 15) is 9.59 Å². The number of alkyl halides is 1. The molecule has 0 aliphatic heterocycles. The first-order chi connectivity index (χ1) is 10.2. The third kappa shape index (κ3) is 5.93. The number of hydrogen-bond donors (Lipinski definition) is 0. The average molecular weight is 328 g/mol.